The second-order valence-corrected chi connectivity index (χ2v) is 7.93. The smallest absolute Gasteiger partial charge is 0.325 e. The maximum Gasteiger partial charge on any atom is 0.325 e. The number of esters is 1. The second kappa shape index (κ2) is 8.74. The molecule has 146 valence electrons. The molecule has 2 N–H and O–H groups in total. The lowest BCUT2D eigenvalue weighted by Crippen LogP contribution is -2.42. The van der Waals surface area contributed by atoms with E-state index in [2.05, 4.69) is 10.6 Å². The van der Waals surface area contributed by atoms with Crippen molar-refractivity contribution >= 4 is 29.4 Å². The highest BCUT2D eigenvalue weighted by molar-refractivity contribution is 6.33. The van der Waals surface area contributed by atoms with Crippen molar-refractivity contribution in [1.82, 2.24) is 10.6 Å². The average Bonchev–Trinajstić information content (AvgIpc) is 3.28. The zero-order valence-corrected chi connectivity index (χ0v) is 16.1. The van der Waals surface area contributed by atoms with Crippen molar-refractivity contribution in [2.75, 3.05) is 13.2 Å². The molecular formula is C20H25ClN2O4. The number of hydrogen-bond donors (Lipinski definition) is 2. The minimum absolute atomic E-state index is 0.0893. The number of carbonyl (C=O) groups is 3. The number of amides is 2. The maximum absolute atomic E-state index is 12.0. The first-order valence-electron chi connectivity index (χ1n) is 9.41. The SMILES string of the molecule is C[C@@H](NC(=O)COC(=O)CNC(=O)c1ccccc1Cl)[C@@H]1C[C@H]2CC[C@H]1C2. The molecule has 4 atom stereocenters. The first-order chi connectivity index (χ1) is 12.9. The van der Waals surface area contributed by atoms with Crippen LogP contribution in [0.25, 0.3) is 0 Å². The Labute approximate surface area is 164 Å². The summed E-state index contributed by atoms with van der Waals surface area (Å²) in [4.78, 5) is 35.8. The molecule has 0 aliphatic heterocycles. The molecule has 7 heteroatoms. The highest BCUT2D eigenvalue weighted by Gasteiger charge is 2.42. The van der Waals surface area contributed by atoms with Crippen LogP contribution in [0.5, 0.6) is 0 Å². The topological polar surface area (TPSA) is 84.5 Å². The molecule has 1 aromatic carbocycles. The molecule has 0 unspecified atom stereocenters. The Bertz CT molecular complexity index is 724. The maximum atomic E-state index is 12.0. The van der Waals surface area contributed by atoms with Crippen molar-refractivity contribution in [3.63, 3.8) is 0 Å². The van der Waals surface area contributed by atoms with Crippen LogP contribution in [-0.4, -0.2) is 37.0 Å². The van der Waals surface area contributed by atoms with Gasteiger partial charge in [-0.05, 0) is 56.1 Å². The van der Waals surface area contributed by atoms with Crippen molar-refractivity contribution in [2.24, 2.45) is 17.8 Å². The first-order valence-corrected chi connectivity index (χ1v) is 9.79. The minimum Gasteiger partial charge on any atom is -0.454 e. The summed E-state index contributed by atoms with van der Waals surface area (Å²) in [5, 5.41) is 5.68. The lowest BCUT2D eigenvalue weighted by Gasteiger charge is -2.28. The van der Waals surface area contributed by atoms with E-state index in [1.807, 2.05) is 6.92 Å². The van der Waals surface area contributed by atoms with Crippen LogP contribution in [0.15, 0.2) is 24.3 Å². The summed E-state index contributed by atoms with van der Waals surface area (Å²) < 4.78 is 4.95. The molecule has 2 saturated carbocycles. The molecule has 2 aliphatic rings. The van der Waals surface area contributed by atoms with Gasteiger partial charge in [-0.25, -0.2) is 0 Å². The number of ether oxygens (including phenoxy) is 1. The Hall–Kier alpha value is -2.08. The molecule has 2 amide bonds. The Balaban J connectivity index is 1.35. The van der Waals surface area contributed by atoms with E-state index in [4.69, 9.17) is 16.3 Å². The highest BCUT2D eigenvalue weighted by atomic mass is 35.5. The zero-order chi connectivity index (χ0) is 19.4. The molecule has 6 nitrogen and oxygen atoms in total. The predicted molar refractivity (Wildman–Crippen MR) is 101 cm³/mol. The van der Waals surface area contributed by atoms with Crippen LogP contribution in [0.2, 0.25) is 5.02 Å². The van der Waals surface area contributed by atoms with Gasteiger partial charge in [0.15, 0.2) is 6.61 Å². The van der Waals surface area contributed by atoms with Gasteiger partial charge in [0.05, 0.1) is 10.6 Å². The summed E-state index contributed by atoms with van der Waals surface area (Å²) in [6.45, 7) is 1.36. The molecule has 2 aliphatic carbocycles. The second-order valence-electron chi connectivity index (χ2n) is 7.52. The van der Waals surface area contributed by atoms with Crippen molar-refractivity contribution < 1.29 is 19.1 Å². The van der Waals surface area contributed by atoms with Gasteiger partial charge in [0.1, 0.15) is 6.54 Å². The van der Waals surface area contributed by atoms with Gasteiger partial charge in [-0.2, -0.15) is 0 Å². The zero-order valence-electron chi connectivity index (χ0n) is 15.4. The first kappa shape index (κ1) is 19.7. The van der Waals surface area contributed by atoms with Crippen LogP contribution in [0.4, 0.5) is 0 Å². The van der Waals surface area contributed by atoms with Crippen molar-refractivity contribution in [2.45, 2.75) is 38.6 Å². The number of nitrogens with one attached hydrogen (secondary N) is 2. The van der Waals surface area contributed by atoms with E-state index in [0.29, 0.717) is 16.9 Å². The summed E-state index contributed by atoms with van der Waals surface area (Å²) in [7, 11) is 0. The van der Waals surface area contributed by atoms with E-state index in [-0.39, 0.29) is 30.7 Å². The van der Waals surface area contributed by atoms with Crippen molar-refractivity contribution in [1.29, 1.82) is 0 Å². The third-order valence-corrected chi connectivity index (χ3v) is 6.03. The summed E-state index contributed by atoms with van der Waals surface area (Å²) in [6, 6.07) is 6.64. The third-order valence-electron chi connectivity index (χ3n) is 5.70. The largest absolute Gasteiger partial charge is 0.454 e. The standard InChI is InChI=1S/C20H25ClN2O4/c1-12(16-9-13-6-7-14(16)8-13)23-18(24)11-27-19(25)10-22-20(26)15-4-2-3-5-17(15)21/h2-5,12-14,16H,6-11H2,1H3,(H,22,26)(H,23,24)/t12-,13+,14+,16+/m1/s1. The van der Waals surface area contributed by atoms with Gasteiger partial charge < -0.3 is 15.4 Å². The number of rotatable bonds is 7. The van der Waals surface area contributed by atoms with E-state index in [1.54, 1.807) is 24.3 Å². The fourth-order valence-electron chi connectivity index (χ4n) is 4.40. The van der Waals surface area contributed by atoms with Crippen LogP contribution in [-0.2, 0) is 14.3 Å². The van der Waals surface area contributed by atoms with Crippen LogP contribution in [0.3, 0.4) is 0 Å². The van der Waals surface area contributed by atoms with E-state index >= 15 is 0 Å². The molecule has 1 aromatic rings. The van der Waals surface area contributed by atoms with Crippen molar-refractivity contribution in [3.05, 3.63) is 34.9 Å². The number of fused-ring (bicyclic) bond motifs is 2. The van der Waals surface area contributed by atoms with Crippen LogP contribution >= 0.6 is 11.6 Å². The number of carbonyl (C=O) groups excluding carboxylic acids is 3. The number of halogens is 1. The monoisotopic (exact) mass is 392 g/mol. The molecule has 0 aromatic heterocycles. The van der Waals surface area contributed by atoms with E-state index in [1.165, 1.54) is 25.7 Å². The Morgan fingerprint density at radius 2 is 2.00 bits per heavy atom. The minimum atomic E-state index is -0.668. The molecule has 27 heavy (non-hydrogen) atoms. The predicted octanol–water partition coefficient (Wildman–Crippen LogP) is 2.55. The quantitative estimate of drug-likeness (QED) is 0.698. The third kappa shape index (κ3) is 5.01. The molecular weight excluding hydrogens is 368 g/mol. The van der Waals surface area contributed by atoms with Gasteiger partial charge >= 0.3 is 5.97 Å². The molecule has 2 bridgehead atoms. The van der Waals surface area contributed by atoms with Crippen LogP contribution in [0.1, 0.15) is 43.0 Å². The molecule has 0 saturated heterocycles. The summed E-state index contributed by atoms with van der Waals surface area (Å²) >= 11 is 5.93. The van der Waals surface area contributed by atoms with E-state index in [0.717, 1.165) is 5.92 Å². The summed E-state index contributed by atoms with van der Waals surface area (Å²) in [5.41, 5.74) is 0.282. The van der Waals surface area contributed by atoms with Crippen LogP contribution in [0, 0.1) is 17.8 Å². The van der Waals surface area contributed by atoms with Gasteiger partial charge in [0, 0.05) is 6.04 Å². The fraction of sp³-hybridized carbons (Fsp3) is 0.550. The normalized spacial score (nSPS) is 24.3. The molecule has 3 rings (SSSR count). The van der Waals surface area contributed by atoms with E-state index < -0.39 is 11.9 Å². The van der Waals surface area contributed by atoms with E-state index in [9.17, 15) is 14.4 Å². The summed E-state index contributed by atoms with van der Waals surface area (Å²) in [6.07, 6.45) is 5.04. The van der Waals surface area contributed by atoms with Gasteiger partial charge in [-0.3, -0.25) is 14.4 Å². The van der Waals surface area contributed by atoms with Gasteiger partial charge in [-0.1, -0.05) is 30.2 Å². The van der Waals surface area contributed by atoms with Crippen molar-refractivity contribution in [3.8, 4) is 0 Å². The lowest BCUT2D eigenvalue weighted by atomic mass is 9.84. The fourth-order valence-corrected chi connectivity index (χ4v) is 4.62. The Kier molecular flexibility index (Phi) is 6.37. The average molecular weight is 393 g/mol. The molecule has 0 spiro atoms. The van der Waals surface area contributed by atoms with Crippen LogP contribution < -0.4 is 10.6 Å². The van der Waals surface area contributed by atoms with Gasteiger partial charge in [-0.15, -0.1) is 0 Å². The van der Waals surface area contributed by atoms with Gasteiger partial charge in [0.2, 0.25) is 0 Å². The lowest BCUT2D eigenvalue weighted by molar-refractivity contribution is -0.147. The molecule has 0 heterocycles. The molecule has 0 radical (unpaired) electrons. The number of hydrogen-bond acceptors (Lipinski definition) is 4. The molecule has 2 fully saturated rings. The Morgan fingerprint density at radius 3 is 2.67 bits per heavy atom. The Morgan fingerprint density at radius 1 is 1.22 bits per heavy atom. The van der Waals surface area contributed by atoms with Gasteiger partial charge in [0.25, 0.3) is 11.8 Å². The highest BCUT2D eigenvalue weighted by Crippen LogP contribution is 2.49. The summed E-state index contributed by atoms with van der Waals surface area (Å²) in [5.74, 6) is 0.617. The number of benzene rings is 1.